The summed E-state index contributed by atoms with van der Waals surface area (Å²) in [5, 5.41) is 19.7. The monoisotopic (exact) mass is 473 g/mol. The number of nitrogens with zero attached hydrogens (tertiary/aromatic N) is 3. The molecule has 9 heteroatoms. The Morgan fingerprint density at radius 2 is 2.09 bits per heavy atom. The first-order chi connectivity index (χ1) is 17.1. The van der Waals surface area contributed by atoms with Crippen molar-refractivity contribution in [1.29, 1.82) is 5.26 Å². The van der Waals surface area contributed by atoms with Crippen LogP contribution in [0, 0.1) is 11.3 Å². The van der Waals surface area contributed by atoms with Crippen LogP contribution in [0.1, 0.15) is 28.8 Å². The predicted molar refractivity (Wildman–Crippen MR) is 127 cm³/mol. The standard InChI is InChI=1S/C26H23N3O6/c1-32-21-12-16(25(30)31)2-3-18(21)22-13-20-24(35-22)19(4-9-29-20)26(14-27)15-28-8-5-23(26)34-17-6-10-33-11-7-17/h2-5,8-9,12-13,17H,6-7,10-11,15H2,1H3,(H,30,31). The third kappa shape index (κ3) is 4.02. The van der Waals surface area contributed by atoms with Gasteiger partial charge in [-0.1, -0.05) is 0 Å². The van der Waals surface area contributed by atoms with Gasteiger partial charge in [0.2, 0.25) is 0 Å². The number of methoxy groups -OCH3 is 1. The molecule has 9 nitrogen and oxygen atoms in total. The van der Waals surface area contributed by atoms with Crippen LogP contribution in [0.4, 0.5) is 0 Å². The minimum Gasteiger partial charge on any atom is -0.496 e. The van der Waals surface area contributed by atoms with E-state index in [0.29, 0.717) is 52.7 Å². The zero-order valence-corrected chi connectivity index (χ0v) is 19.1. The lowest BCUT2D eigenvalue weighted by Crippen LogP contribution is -2.37. The summed E-state index contributed by atoms with van der Waals surface area (Å²) in [7, 11) is 1.46. The molecule has 0 bridgehead atoms. The van der Waals surface area contributed by atoms with E-state index in [9.17, 15) is 15.2 Å². The van der Waals surface area contributed by atoms with Crippen molar-refractivity contribution in [3.8, 4) is 23.1 Å². The van der Waals surface area contributed by atoms with Gasteiger partial charge >= 0.3 is 5.97 Å². The average molecular weight is 473 g/mol. The van der Waals surface area contributed by atoms with Gasteiger partial charge in [0.25, 0.3) is 0 Å². The second-order valence-electron chi connectivity index (χ2n) is 8.37. The molecule has 1 atom stereocenters. The van der Waals surface area contributed by atoms with E-state index in [4.69, 9.17) is 18.6 Å². The summed E-state index contributed by atoms with van der Waals surface area (Å²) >= 11 is 0. The van der Waals surface area contributed by atoms with Crippen molar-refractivity contribution in [2.75, 3.05) is 26.9 Å². The molecule has 1 N–H and O–H groups in total. The molecule has 2 aromatic heterocycles. The number of pyridine rings is 1. The quantitative estimate of drug-likeness (QED) is 0.566. The highest BCUT2D eigenvalue weighted by Crippen LogP contribution is 2.42. The van der Waals surface area contributed by atoms with Gasteiger partial charge in [0.15, 0.2) is 11.0 Å². The molecule has 3 aromatic rings. The Labute approximate surface area is 201 Å². The fourth-order valence-electron chi connectivity index (χ4n) is 4.45. The molecule has 178 valence electrons. The lowest BCUT2D eigenvalue weighted by atomic mass is 9.78. The number of hydrogen-bond acceptors (Lipinski definition) is 8. The van der Waals surface area contributed by atoms with Gasteiger partial charge < -0.3 is 23.7 Å². The maximum Gasteiger partial charge on any atom is 0.335 e. The normalized spacial score (nSPS) is 20.3. The minimum atomic E-state index is -1.18. The summed E-state index contributed by atoms with van der Waals surface area (Å²) < 4.78 is 23.4. The Morgan fingerprint density at radius 3 is 2.83 bits per heavy atom. The molecule has 1 unspecified atom stereocenters. The van der Waals surface area contributed by atoms with Crippen LogP contribution in [0.3, 0.4) is 0 Å². The topological polar surface area (TPSA) is 127 Å². The number of benzene rings is 1. The molecule has 1 saturated heterocycles. The molecule has 2 aliphatic heterocycles. The van der Waals surface area contributed by atoms with E-state index >= 15 is 0 Å². The number of fused-ring (bicyclic) bond motifs is 1. The van der Waals surface area contributed by atoms with E-state index in [-0.39, 0.29) is 18.2 Å². The van der Waals surface area contributed by atoms with Crippen molar-refractivity contribution < 1.29 is 28.5 Å². The summed E-state index contributed by atoms with van der Waals surface area (Å²) in [4.78, 5) is 20.2. The number of allylic oxidation sites excluding steroid dienone is 1. The Morgan fingerprint density at radius 1 is 1.26 bits per heavy atom. The lowest BCUT2D eigenvalue weighted by Gasteiger charge is -2.33. The fraction of sp³-hybridized carbons (Fsp3) is 0.308. The lowest BCUT2D eigenvalue weighted by molar-refractivity contribution is -0.0111. The van der Waals surface area contributed by atoms with Crippen LogP contribution in [-0.4, -0.2) is 55.2 Å². The van der Waals surface area contributed by atoms with Crippen LogP contribution in [0.2, 0.25) is 0 Å². The van der Waals surface area contributed by atoms with Crippen molar-refractivity contribution in [3.63, 3.8) is 0 Å². The highest BCUT2D eigenvalue weighted by atomic mass is 16.5. The summed E-state index contributed by atoms with van der Waals surface area (Å²) in [6.45, 7) is 1.43. The number of dihydropyridines is 1. The van der Waals surface area contributed by atoms with Crippen molar-refractivity contribution in [2.45, 2.75) is 24.4 Å². The molecule has 0 saturated carbocycles. The first kappa shape index (κ1) is 22.6. The number of carbonyl (C=O) groups is 1. The molecular formula is C26H23N3O6. The molecule has 2 aliphatic rings. The molecule has 0 amide bonds. The number of hydrogen-bond donors (Lipinski definition) is 1. The molecule has 1 fully saturated rings. The van der Waals surface area contributed by atoms with Gasteiger partial charge in [-0.2, -0.15) is 5.26 Å². The Bertz CT molecular complexity index is 1380. The fourth-order valence-corrected chi connectivity index (χ4v) is 4.45. The first-order valence-electron chi connectivity index (χ1n) is 11.2. The minimum absolute atomic E-state index is 0.0456. The largest absolute Gasteiger partial charge is 0.496 e. The van der Waals surface area contributed by atoms with Crippen LogP contribution in [0.15, 0.2) is 57.8 Å². The number of ether oxygens (including phenoxy) is 3. The van der Waals surface area contributed by atoms with E-state index < -0.39 is 11.4 Å². The Hall–Kier alpha value is -4.16. The van der Waals surface area contributed by atoms with E-state index in [1.807, 2.05) is 0 Å². The SMILES string of the molecule is COc1cc(C(=O)O)ccc1-c1cc2nccc(C3(C#N)CN=CC=C3OC3CCOCC3)c2o1. The third-order valence-corrected chi connectivity index (χ3v) is 6.32. The van der Waals surface area contributed by atoms with Crippen molar-refractivity contribution in [3.05, 3.63) is 59.5 Å². The van der Waals surface area contributed by atoms with Gasteiger partial charge in [0.05, 0.1) is 44.1 Å². The van der Waals surface area contributed by atoms with Crippen molar-refractivity contribution in [2.24, 2.45) is 4.99 Å². The second kappa shape index (κ2) is 9.24. The average Bonchev–Trinajstić information content (AvgIpc) is 3.33. The van der Waals surface area contributed by atoms with Gasteiger partial charge in [-0.25, -0.2) is 4.79 Å². The van der Waals surface area contributed by atoms with Gasteiger partial charge in [0, 0.05) is 36.9 Å². The summed E-state index contributed by atoms with van der Waals surface area (Å²) in [5.74, 6) is 0.264. The molecule has 0 spiro atoms. The number of carboxylic acids is 1. The number of furan rings is 1. The number of nitriles is 1. The molecule has 1 aromatic carbocycles. The van der Waals surface area contributed by atoms with Gasteiger partial charge in [-0.15, -0.1) is 0 Å². The predicted octanol–water partition coefficient (Wildman–Crippen LogP) is 4.13. The number of aromatic carboxylic acids is 1. The third-order valence-electron chi connectivity index (χ3n) is 6.32. The first-order valence-corrected chi connectivity index (χ1v) is 11.2. The maximum absolute atomic E-state index is 11.4. The maximum atomic E-state index is 11.4. The van der Waals surface area contributed by atoms with E-state index in [0.717, 1.165) is 12.8 Å². The summed E-state index contributed by atoms with van der Waals surface area (Å²) in [5.41, 5.74) is 1.09. The Kier molecular flexibility index (Phi) is 5.97. The number of rotatable bonds is 6. The molecule has 5 rings (SSSR count). The van der Waals surface area contributed by atoms with Crippen LogP contribution >= 0.6 is 0 Å². The van der Waals surface area contributed by atoms with E-state index in [1.165, 1.54) is 19.2 Å². The molecule has 0 aliphatic carbocycles. The van der Waals surface area contributed by atoms with Crippen molar-refractivity contribution in [1.82, 2.24) is 4.98 Å². The highest BCUT2D eigenvalue weighted by Gasteiger charge is 2.43. The zero-order chi connectivity index (χ0) is 24.4. The Balaban J connectivity index is 1.59. The second-order valence-corrected chi connectivity index (χ2v) is 8.37. The molecular weight excluding hydrogens is 450 g/mol. The van der Waals surface area contributed by atoms with Crippen LogP contribution in [-0.2, 0) is 14.9 Å². The summed E-state index contributed by atoms with van der Waals surface area (Å²) in [6.07, 6.45) is 6.48. The zero-order valence-electron chi connectivity index (χ0n) is 19.1. The van der Waals surface area contributed by atoms with Crippen LogP contribution in [0.5, 0.6) is 5.75 Å². The highest BCUT2D eigenvalue weighted by molar-refractivity contribution is 5.91. The number of aromatic nitrogens is 1. The number of aliphatic imine (C=N–C) groups is 1. The van der Waals surface area contributed by atoms with E-state index in [2.05, 4.69) is 16.0 Å². The smallest absolute Gasteiger partial charge is 0.335 e. The van der Waals surface area contributed by atoms with Crippen molar-refractivity contribution >= 4 is 23.3 Å². The number of carboxylic acid groups (broad SMARTS) is 1. The van der Waals surface area contributed by atoms with Crippen LogP contribution < -0.4 is 4.74 Å². The molecule has 0 radical (unpaired) electrons. The van der Waals surface area contributed by atoms with Gasteiger partial charge in [0.1, 0.15) is 28.9 Å². The van der Waals surface area contributed by atoms with E-state index in [1.54, 1.807) is 36.7 Å². The van der Waals surface area contributed by atoms with Crippen LogP contribution in [0.25, 0.3) is 22.4 Å². The van der Waals surface area contributed by atoms with Gasteiger partial charge in [-0.05, 0) is 30.3 Å². The van der Waals surface area contributed by atoms with Gasteiger partial charge in [-0.3, -0.25) is 9.98 Å². The molecule has 35 heavy (non-hydrogen) atoms. The summed E-state index contributed by atoms with van der Waals surface area (Å²) in [6, 6.07) is 10.5. The molecule has 4 heterocycles.